The number of ether oxygens (including phenoxy) is 2. The van der Waals surface area contributed by atoms with Gasteiger partial charge in [-0.1, -0.05) is 0 Å². The molecular formula is C31H33F2N7O4. The summed E-state index contributed by atoms with van der Waals surface area (Å²) in [6.07, 6.45) is -0.0546. The number of hydrogen-bond acceptors (Lipinski definition) is 10. The van der Waals surface area contributed by atoms with Crippen molar-refractivity contribution in [1.82, 2.24) is 19.8 Å². The molecule has 11 nitrogen and oxygen atoms in total. The first-order chi connectivity index (χ1) is 21.3. The number of nitrogens with zero attached hydrogens (tertiary/aromatic N) is 6. The third-order valence-electron chi connectivity index (χ3n) is 8.28. The van der Waals surface area contributed by atoms with Crippen molar-refractivity contribution >= 4 is 23.2 Å². The molecule has 44 heavy (non-hydrogen) atoms. The van der Waals surface area contributed by atoms with E-state index in [1.807, 2.05) is 18.2 Å². The van der Waals surface area contributed by atoms with Crippen LogP contribution in [0, 0.1) is 11.3 Å². The summed E-state index contributed by atoms with van der Waals surface area (Å²) in [4.78, 5) is 26.4. The highest BCUT2D eigenvalue weighted by Gasteiger charge is 2.47. The second-order valence-electron chi connectivity index (χ2n) is 11.1. The van der Waals surface area contributed by atoms with Gasteiger partial charge >= 0.3 is 5.92 Å². The molecule has 2 aromatic carbocycles. The number of halogens is 2. The number of aromatic nitrogens is 2. The summed E-state index contributed by atoms with van der Waals surface area (Å²) < 4.78 is 40.4. The van der Waals surface area contributed by atoms with Gasteiger partial charge in [-0.15, -0.1) is 0 Å². The van der Waals surface area contributed by atoms with Crippen LogP contribution in [0.5, 0.6) is 5.75 Å². The highest BCUT2D eigenvalue weighted by molar-refractivity contribution is 5.77. The predicted molar refractivity (Wildman–Crippen MR) is 158 cm³/mol. The van der Waals surface area contributed by atoms with Crippen LogP contribution in [-0.2, 0) is 9.53 Å². The normalized spacial score (nSPS) is 20.5. The number of aliphatic hydroxyl groups excluding tert-OH is 1. The zero-order valence-corrected chi connectivity index (χ0v) is 24.0. The number of alkyl halides is 2. The molecule has 1 aromatic heterocycles. The third-order valence-corrected chi connectivity index (χ3v) is 8.28. The molecular weight excluding hydrogens is 572 g/mol. The Morgan fingerprint density at radius 1 is 1.11 bits per heavy atom. The first-order valence-electron chi connectivity index (χ1n) is 14.6. The highest BCUT2D eigenvalue weighted by atomic mass is 19.3. The zero-order valence-electron chi connectivity index (χ0n) is 24.0. The van der Waals surface area contributed by atoms with Crippen LogP contribution in [0.4, 0.5) is 26.1 Å². The molecule has 0 spiro atoms. The van der Waals surface area contributed by atoms with Gasteiger partial charge in [-0.3, -0.25) is 9.69 Å². The predicted octanol–water partition coefficient (Wildman–Crippen LogP) is 2.89. The second kappa shape index (κ2) is 12.7. The van der Waals surface area contributed by atoms with E-state index in [-0.39, 0.29) is 24.3 Å². The molecule has 0 saturated carbocycles. The molecule has 1 unspecified atom stereocenters. The summed E-state index contributed by atoms with van der Waals surface area (Å²) in [7, 11) is 0. The number of anilines is 3. The Bertz CT molecular complexity index is 1520. The lowest BCUT2D eigenvalue weighted by Gasteiger charge is -2.43. The average molecular weight is 606 g/mol. The fourth-order valence-corrected chi connectivity index (χ4v) is 5.65. The minimum atomic E-state index is -3.35. The Labute approximate surface area is 253 Å². The van der Waals surface area contributed by atoms with E-state index in [2.05, 4.69) is 37.2 Å². The van der Waals surface area contributed by atoms with E-state index in [0.717, 1.165) is 55.7 Å². The van der Waals surface area contributed by atoms with Crippen molar-refractivity contribution in [2.45, 2.75) is 24.5 Å². The van der Waals surface area contributed by atoms with E-state index < -0.39 is 31.1 Å². The zero-order chi connectivity index (χ0) is 30.7. The number of nitrogens with one attached hydrogen (secondary N) is 1. The Hall–Kier alpha value is -4.38. The van der Waals surface area contributed by atoms with Gasteiger partial charge in [0.15, 0.2) is 6.10 Å². The molecule has 13 heteroatoms. The van der Waals surface area contributed by atoms with E-state index >= 15 is 0 Å². The van der Waals surface area contributed by atoms with Crippen LogP contribution < -0.4 is 15.0 Å². The summed E-state index contributed by atoms with van der Waals surface area (Å²) >= 11 is 0. The number of aliphatic hydroxyl groups is 1. The SMILES string of the molecule is N#Cc1cc(-c2ccnc(Nc3ccc(N4CCN(C5COC5)CC4)cc3)n2)ccc1OC1CCN(C(=O)CO)CC1(F)F. The number of carbonyl (C=O) groups is 1. The summed E-state index contributed by atoms with van der Waals surface area (Å²) in [6.45, 7) is 3.99. The highest BCUT2D eigenvalue weighted by Crippen LogP contribution is 2.34. The Morgan fingerprint density at radius 2 is 1.89 bits per heavy atom. The van der Waals surface area contributed by atoms with Crippen LogP contribution in [-0.4, -0.2) is 108 Å². The van der Waals surface area contributed by atoms with Gasteiger partial charge in [-0.25, -0.2) is 18.7 Å². The smallest absolute Gasteiger partial charge is 0.301 e. The van der Waals surface area contributed by atoms with Crippen LogP contribution >= 0.6 is 0 Å². The van der Waals surface area contributed by atoms with Crippen LogP contribution in [0.25, 0.3) is 11.3 Å². The number of amides is 1. The van der Waals surface area contributed by atoms with Gasteiger partial charge in [0.25, 0.3) is 0 Å². The molecule has 1 atom stereocenters. The molecule has 3 saturated heterocycles. The minimum absolute atomic E-state index is 0.0205. The fraction of sp³-hybridized carbons (Fsp3) is 0.419. The van der Waals surface area contributed by atoms with Gasteiger partial charge in [-0.2, -0.15) is 5.26 Å². The molecule has 3 aromatic rings. The number of likely N-dealkylation sites (tertiary alicyclic amines) is 1. The lowest BCUT2D eigenvalue weighted by atomic mass is 10.0. The first kappa shape index (κ1) is 29.7. The maximum atomic E-state index is 14.8. The lowest BCUT2D eigenvalue weighted by molar-refractivity contribution is -0.161. The van der Waals surface area contributed by atoms with Gasteiger partial charge in [0.05, 0.1) is 37.1 Å². The number of nitriles is 1. The third kappa shape index (κ3) is 6.42. The second-order valence-corrected chi connectivity index (χ2v) is 11.1. The van der Waals surface area contributed by atoms with Crippen LogP contribution in [0.15, 0.2) is 54.7 Å². The van der Waals surface area contributed by atoms with Crippen molar-refractivity contribution in [3.05, 3.63) is 60.3 Å². The molecule has 1 amide bonds. The molecule has 4 heterocycles. The largest absolute Gasteiger partial charge is 0.483 e. The molecule has 2 N–H and O–H groups in total. The van der Waals surface area contributed by atoms with Gasteiger partial charge in [0.2, 0.25) is 11.9 Å². The monoisotopic (exact) mass is 605 g/mol. The van der Waals surface area contributed by atoms with E-state index in [9.17, 15) is 18.8 Å². The van der Waals surface area contributed by atoms with E-state index in [0.29, 0.717) is 23.2 Å². The Kier molecular flexibility index (Phi) is 8.56. The Balaban J connectivity index is 1.09. The standard InChI is InChI=1S/C31H33F2N7O4/c32-31(33)20-40(29(42)17-41)10-8-28(31)44-27-6-1-21(15-22(27)16-34)26-7-9-35-30(37-26)36-23-2-4-24(5-3-23)38-11-13-39(14-12-38)25-18-43-19-25/h1-7,9,15,25,28,41H,8,10-14,17-20H2,(H,35,36,37). The number of hydrogen-bond donors (Lipinski definition) is 2. The topological polar surface area (TPSA) is 127 Å². The first-order valence-corrected chi connectivity index (χ1v) is 14.6. The summed E-state index contributed by atoms with van der Waals surface area (Å²) in [5, 5.41) is 22.0. The van der Waals surface area contributed by atoms with Crippen molar-refractivity contribution < 1.29 is 28.2 Å². The number of carbonyl (C=O) groups excluding carboxylic acids is 1. The number of piperidine rings is 1. The lowest BCUT2D eigenvalue weighted by Crippen LogP contribution is -2.56. The molecule has 230 valence electrons. The minimum Gasteiger partial charge on any atom is -0.483 e. The van der Waals surface area contributed by atoms with Crippen LogP contribution in [0.3, 0.4) is 0 Å². The maximum Gasteiger partial charge on any atom is 0.301 e. The summed E-state index contributed by atoms with van der Waals surface area (Å²) in [5.41, 5.74) is 3.20. The van der Waals surface area contributed by atoms with Gasteiger partial charge in [-0.05, 0) is 48.5 Å². The Morgan fingerprint density at radius 3 is 2.55 bits per heavy atom. The molecule has 3 fully saturated rings. The molecule has 0 bridgehead atoms. The number of piperazine rings is 1. The van der Waals surface area contributed by atoms with Gasteiger partial charge in [0.1, 0.15) is 18.4 Å². The fourth-order valence-electron chi connectivity index (χ4n) is 5.65. The van der Waals surface area contributed by atoms with Crippen molar-refractivity contribution in [2.75, 3.05) is 69.3 Å². The summed E-state index contributed by atoms with van der Waals surface area (Å²) in [5.74, 6) is -3.71. The molecule has 6 rings (SSSR count). The summed E-state index contributed by atoms with van der Waals surface area (Å²) in [6, 6.07) is 17.1. The molecule has 0 aliphatic carbocycles. The van der Waals surface area contributed by atoms with Gasteiger partial charge < -0.3 is 29.7 Å². The quantitative estimate of drug-likeness (QED) is 0.396. The molecule has 3 aliphatic rings. The number of benzene rings is 2. The van der Waals surface area contributed by atoms with Gasteiger partial charge in [0, 0.05) is 62.3 Å². The van der Waals surface area contributed by atoms with Crippen LogP contribution in [0.2, 0.25) is 0 Å². The average Bonchev–Trinajstić information content (AvgIpc) is 3.01. The number of rotatable bonds is 8. The maximum absolute atomic E-state index is 14.8. The molecule has 0 radical (unpaired) electrons. The van der Waals surface area contributed by atoms with Crippen LogP contribution in [0.1, 0.15) is 12.0 Å². The van der Waals surface area contributed by atoms with Crippen molar-refractivity contribution in [3.8, 4) is 23.1 Å². The van der Waals surface area contributed by atoms with Crippen molar-refractivity contribution in [1.29, 1.82) is 5.26 Å². The van der Waals surface area contributed by atoms with Crippen molar-refractivity contribution in [2.24, 2.45) is 0 Å². The van der Waals surface area contributed by atoms with E-state index in [1.54, 1.807) is 18.3 Å². The van der Waals surface area contributed by atoms with E-state index in [4.69, 9.17) is 14.6 Å². The molecule has 3 aliphatic heterocycles. The van der Waals surface area contributed by atoms with E-state index in [1.165, 1.54) is 12.1 Å². The van der Waals surface area contributed by atoms with Crippen molar-refractivity contribution in [3.63, 3.8) is 0 Å².